The molecule has 1 heterocycles. The molecule has 0 aliphatic rings. The van der Waals surface area contributed by atoms with E-state index >= 15 is 0 Å². The van der Waals surface area contributed by atoms with Gasteiger partial charge in [0.1, 0.15) is 6.54 Å². The summed E-state index contributed by atoms with van der Waals surface area (Å²) in [5, 5.41) is 4.78. The molecule has 0 aliphatic carbocycles. The molecule has 1 aromatic heterocycles. The predicted molar refractivity (Wildman–Crippen MR) is 72.2 cm³/mol. The highest BCUT2D eigenvalue weighted by molar-refractivity contribution is 6.31. The minimum absolute atomic E-state index is 0.0513. The molecule has 0 radical (unpaired) electrons. The lowest BCUT2D eigenvalue weighted by Gasteiger charge is -2.06. The van der Waals surface area contributed by atoms with Crippen LogP contribution in [0.1, 0.15) is 27.2 Å². The van der Waals surface area contributed by atoms with Gasteiger partial charge < -0.3 is 0 Å². The van der Waals surface area contributed by atoms with Crippen LogP contribution in [0.2, 0.25) is 5.02 Å². The van der Waals surface area contributed by atoms with Gasteiger partial charge in [0.2, 0.25) is 0 Å². The van der Waals surface area contributed by atoms with Crippen molar-refractivity contribution in [3.05, 3.63) is 51.8 Å². The molecule has 0 aliphatic heterocycles. The van der Waals surface area contributed by atoms with Crippen molar-refractivity contribution in [3.63, 3.8) is 0 Å². The van der Waals surface area contributed by atoms with Gasteiger partial charge in [-0.2, -0.15) is 5.10 Å². The fourth-order valence-corrected chi connectivity index (χ4v) is 1.99. The van der Waals surface area contributed by atoms with Crippen molar-refractivity contribution >= 4 is 17.4 Å². The average molecular weight is 263 g/mol. The Morgan fingerprint density at radius 2 is 2.06 bits per heavy atom. The number of nitrogens with zero attached hydrogens (tertiary/aromatic N) is 2. The van der Waals surface area contributed by atoms with Gasteiger partial charge in [-0.3, -0.25) is 9.48 Å². The minimum Gasteiger partial charge on any atom is -0.292 e. The Labute approximate surface area is 111 Å². The fourth-order valence-electron chi connectivity index (χ4n) is 1.84. The van der Waals surface area contributed by atoms with Crippen molar-refractivity contribution in [2.75, 3.05) is 0 Å². The van der Waals surface area contributed by atoms with E-state index in [1.807, 2.05) is 39.0 Å². The number of hydrogen-bond donors (Lipinski definition) is 0. The zero-order valence-electron chi connectivity index (χ0n) is 10.7. The summed E-state index contributed by atoms with van der Waals surface area (Å²) < 4.78 is 1.59. The molecule has 0 bridgehead atoms. The standard InChI is InChI=1S/C14H15ClN2O/c1-9-4-5-10(2)12(6-9)14(18)8-17-7-13(15)11(3)16-17/h4-7H,8H2,1-3H3. The fraction of sp³-hybridized carbons (Fsp3) is 0.286. The van der Waals surface area contributed by atoms with E-state index < -0.39 is 0 Å². The number of hydrogen-bond acceptors (Lipinski definition) is 2. The lowest BCUT2D eigenvalue weighted by atomic mass is 10.0. The van der Waals surface area contributed by atoms with Crippen LogP contribution in [0.15, 0.2) is 24.4 Å². The van der Waals surface area contributed by atoms with Gasteiger partial charge in [-0.05, 0) is 32.4 Å². The summed E-state index contributed by atoms with van der Waals surface area (Å²) >= 11 is 5.92. The Bertz CT molecular complexity index is 582. The number of carbonyl (C=O) groups excluding carboxylic acids is 1. The first kappa shape index (κ1) is 12.8. The van der Waals surface area contributed by atoms with E-state index in [0.717, 1.165) is 22.4 Å². The maximum atomic E-state index is 12.2. The molecule has 0 saturated heterocycles. The Morgan fingerprint density at radius 1 is 1.33 bits per heavy atom. The molecule has 3 nitrogen and oxygen atoms in total. The van der Waals surface area contributed by atoms with Crippen molar-refractivity contribution in [1.29, 1.82) is 0 Å². The zero-order chi connectivity index (χ0) is 13.3. The molecule has 0 spiro atoms. The third-order valence-electron chi connectivity index (χ3n) is 2.89. The number of halogens is 1. The summed E-state index contributed by atoms with van der Waals surface area (Å²) in [5.74, 6) is 0.0513. The van der Waals surface area contributed by atoms with Crippen molar-refractivity contribution in [3.8, 4) is 0 Å². The van der Waals surface area contributed by atoms with Gasteiger partial charge in [-0.25, -0.2) is 0 Å². The first-order chi connectivity index (χ1) is 8.47. The number of aryl methyl sites for hydroxylation is 3. The molecule has 0 amide bonds. The van der Waals surface area contributed by atoms with E-state index in [4.69, 9.17) is 11.6 Å². The van der Waals surface area contributed by atoms with E-state index in [1.165, 1.54) is 0 Å². The Balaban J connectivity index is 2.24. The highest BCUT2D eigenvalue weighted by Gasteiger charge is 2.11. The third-order valence-corrected chi connectivity index (χ3v) is 3.26. The van der Waals surface area contributed by atoms with Gasteiger partial charge in [0.25, 0.3) is 0 Å². The molecule has 18 heavy (non-hydrogen) atoms. The van der Waals surface area contributed by atoms with Gasteiger partial charge in [0.05, 0.1) is 10.7 Å². The number of carbonyl (C=O) groups is 1. The molecule has 0 fully saturated rings. The molecule has 0 unspecified atom stereocenters. The van der Waals surface area contributed by atoms with Crippen molar-refractivity contribution in [2.24, 2.45) is 0 Å². The van der Waals surface area contributed by atoms with Crippen molar-refractivity contribution < 1.29 is 4.79 Å². The monoisotopic (exact) mass is 262 g/mol. The zero-order valence-corrected chi connectivity index (χ0v) is 11.5. The summed E-state index contributed by atoms with van der Waals surface area (Å²) in [6, 6.07) is 5.88. The van der Waals surface area contributed by atoms with Crippen LogP contribution in [0.3, 0.4) is 0 Å². The van der Waals surface area contributed by atoms with Crippen LogP contribution in [0.25, 0.3) is 0 Å². The van der Waals surface area contributed by atoms with Crippen LogP contribution in [0, 0.1) is 20.8 Å². The quantitative estimate of drug-likeness (QED) is 0.795. The molecule has 0 saturated carbocycles. The normalized spacial score (nSPS) is 10.7. The SMILES string of the molecule is Cc1ccc(C)c(C(=O)Cn2cc(Cl)c(C)n2)c1. The average Bonchev–Trinajstić information content (AvgIpc) is 2.61. The first-order valence-corrected chi connectivity index (χ1v) is 6.15. The van der Waals surface area contributed by atoms with Gasteiger partial charge in [-0.15, -0.1) is 0 Å². The molecular weight excluding hydrogens is 248 g/mol. The molecular formula is C14H15ClN2O. The van der Waals surface area contributed by atoms with Crippen LogP contribution in [-0.2, 0) is 6.54 Å². The lowest BCUT2D eigenvalue weighted by Crippen LogP contribution is -2.12. The number of rotatable bonds is 3. The van der Waals surface area contributed by atoms with Crippen LogP contribution in [-0.4, -0.2) is 15.6 Å². The topological polar surface area (TPSA) is 34.9 Å². The second kappa shape index (κ2) is 4.94. The minimum atomic E-state index is 0.0513. The smallest absolute Gasteiger partial charge is 0.184 e. The Morgan fingerprint density at radius 3 is 2.67 bits per heavy atom. The number of ketones is 1. The third kappa shape index (κ3) is 2.62. The number of Topliss-reactive ketones (excluding diaryl/α,β-unsaturated/α-hetero) is 1. The molecule has 2 rings (SSSR count). The molecule has 2 aromatic rings. The van der Waals surface area contributed by atoms with Gasteiger partial charge in [0, 0.05) is 11.8 Å². The van der Waals surface area contributed by atoms with E-state index in [0.29, 0.717) is 5.02 Å². The van der Waals surface area contributed by atoms with Crippen molar-refractivity contribution in [2.45, 2.75) is 27.3 Å². The Kier molecular flexibility index (Phi) is 3.53. The van der Waals surface area contributed by atoms with E-state index in [-0.39, 0.29) is 12.3 Å². The molecule has 0 atom stereocenters. The molecule has 94 valence electrons. The van der Waals surface area contributed by atoms with Crippen molar-refractivity contribution in [1.82, 2.24) is 9.78 Å². The highest BCUT2D eigenvalue weighted by atomic mass is 35.5. The summed E-state index contributed by atoms with van der Waals surface area (Å²) in [6.07, 6.45) is 1.68. The predicted octanol–water partition coefficient (Wildman–Crippen LogP) is 3.34. The van der Waals surface area contributed by atoms with E-state index in [9.17, 15) is 4.79 Å². The molecule has 0 N–H and O–H groups in total. The summed E-state index contributed by atoms with van der Waals surface area (Å²) in [4.78, 5) is 12.2. The lowest BCUT2D eigenvalue weighted by molar-refractivity contribution is 0.0967. The summed E-state index contributed by atoms with van der Waals surface area (Å²) in [6.45, 7) is 5.96. The van der Waals surface area contributed by atoms with Gasteiger partial charge in [0.15, 0.2) is 5.78 Å². The second-order valence-electron chi connectivity index (χ2n) is 4.50. The highest BCUT2D eigenvalue weighted by Crippen LogP contribution is 2.15. The maximum absolute atomic E-state index is 12.2. The van der Waals surface area contributed by atoms with Gasteiger partial charge >= 0.3 is 0 Å². The van der Waals surface area contributed by atoms with Crippen LogP contribution >= 0.6 is 11.6 Å². The number of aromatic nitrogens is 2. The second-order valence-corrected chi connectivity index (χ2v) is 4.91. The number of benzene rings is 1. The Hall–Kier alpha value is -1.61. The maximum Gasteiger partial charge on any atom is 0.184 e. The van der Waals surface area contributed by atoms with Gasteiger partial charge in [-0.1, -0.05) is 29.3 Å². The summed E-state index contributed by atoms with van der Waals surface area (Å²) in [5.41, 5.74) is 3.56. The van der Waals surface area contributed by atoms with E-state index in [2.05, 4.69) is 5.10 Å². The van der Waals surface area contributed by atoms with Crippen LogP contribution in [0.4, 0.5) is 0 Å². The summed E-state index contributed by atoms with van der Waals surface area (Å²) in [7, 11) is 0. The van der Waals surface area contributed by atoms with Crippen LogP contribution < -0.4 is 0 Å². The largest absolute Gasteiger partial charge is 0.292 e. The molecule has 1 aromatic carbocycles. The van der Waals surface area contributed by atoms with E-state index in [1.54, 1.807) is 10.9 Å². The molecule has 4 heteroatoms. The van der Waals surface area contributed by atoms with Crippen LogP contribution in [0.5, 0.6) is 0 Å². The first-order valence-electron chi connectivity index (χ1n) is 5.77.